The van der Waals surface area contributed by atoms with Crippen LogP contribution in [0.5, 0.6) is 0 Å². The highest BCUT2D eigenvalue weighted by molar-refractivity contribution is 7.99. The van der Waals surface area contributed by atoms with E-state index in [1.807, 2.05) is 71.5 Å². The molecule has 2 atom stereocenters. The van der Waals surface area contributed by atoms with E-state index >= 15 is 0 Å². The molecule has 2 N–H and O–H groups in total. The Morgan fingerprint density at radius 1 is 0.846 bits per heavy atom. The van der Waals surface area contributed by atoms with Crippen LogP contribution in [0.3, 0.4) is 0 Å². The number of carbonyl (C=O) groups excluding carboxylic acids is 1. The minimum absolute atomic E-state index is 0.0451. The Hall–Kier alpha value is -4.62. The van der Waals surface area contributed by atoms with Crippen molar-refractivity contribution in [2.24, 2.45) is 0 Å². The Kier molecular flexibility index (Phi) is 14.5. The maximum atomic E-state index is 14.2. The molecule has 0 unspecified atom stereocenters. The van der Waals surface area contributed by atoms with Gasteiger partial charge in [-0.3, -0.25) is 14.6 Å². The fraction of sp³-hybridized carbons (Fsp3) is 0.340. The SMILES string of the molecule is O=C(NS(=O)(=O)c1ccc(N[C@H](CCN2CCOCC2)CSc2ccccc2)c(S(=O)(=O)C(F)(F)F)c1)c1ccc2c(c1)CC[C@@H]1CN(Cc3ccccc3-c3ccc(Cl)cc3)CCN21. The average Bonchev–Trinajstić information content (AvgIpc) is 3.30. The lowest BCUT2D eigenvalue weighted by molar-refractivity contribution is -0.0435. The van der Waals surface area contributed by atoms with Crippen molar-refractivity contribution in [2.45, 2.75) is 58.1 Å². The van der Waals surface area contributed by atoms with Gasteiger partial charge < -0.3 is 15.0 Å². The number of ether oxygens (including phenoxy) is 1. The van der Waals surface area contributed by atoms with E-state index in [9.17, 15) is 34.8 Å². The van der Waals surface area contributed by atoms with Gasteiger partial charge in [-0.1, -0.05) is 66.2 Å². The van der Waals surface area contributed by atoms with E-state index in [-0.39, 0.29) is 11.6 Å². The van der Waals surface area contributed by atoms with Gasteiger partial charge in [0.25, 0.3) is 25.8 Å². The summed E-state index contributed by atoms with van der Waals surface area (Å²) in [5.41, 5.74) is -0.798. The van der Waals surface area contributed by atoms with Crippen LogP contribution in [0.1, 0.15) is 34.3 Å². The van der Waals surface area contributed by atoms with Crippen LogP contribution in [0.2, 0.25) is 5.02 Å². The van der Waals surface area contributed by atoms with Crippen LogP contribution in [-0.2, 0) is 37.6 Å². The molecule has 18 heteroatoms. The number of hydrogen-bond donors (Lipinski definition) is 2. The van der Waals surface area contributed by atoms with E-state index in [4.69, 9.17) is 16.3 Å². The molecular formula is C47H49ClF3N5O6S3. The molecular weight excluding hydrogens is 919 g/mol. The van der Waals surface area contributed by atoms with Crippen molar-refractivity contribution in [3.05, 3.63) is 137 Å². The first-order valence-corrected chi connectivity index (χ1v) is 25.7. The maximum Gasteiger partial charge on any atom is 0.501 e. The number of thioether (sulfide) groups is 1. The van der Waals surface area contributed by atoms with Crippen molar-refractivity contribution in [3.8, 4) is 11.1 Å². The number of amides is 1. The van der Waals surface area contributed by atoms with Gasteiger partial charge in [-0.2, -0.15) is 13.2 Å². The summed E-state index contributed by atoms with van der Waals surface area (Å²) in [4.78, 5) is 19.3. The number of benzene rings is 5. The summed E-state index contributed by atoms with van der Waals surface area (Å²) in [5.74, 6) is -0.628. The molecule has 11 nitrogen and oxygen atoms in total. The summed E-state index contributed by atoms with van der Waals surface area (Å²) in [6, 6.07) is 32.7. The summed E-state index contributed by atoms with van der Waals surface area (Å²) < 4.78 is 104. The van der Waals surface area contributed by atoms with Crippen LogP contribution in [0.15, 0.2) is 130 Å². The second-order valence-electron chi connectivity index (χ2n) is 16.4. The molecule has 5 aromatic carbocycles. The number of carbonyl (C=O) groups is 1. The minimum atomic E-state index is -6.06. The monoisotopic (exact) mass is 967 g/mol. The Balaban J connectivity index is 0.963. The summed E-state index contributed by atoms with van der Waals surface area (Å²) >= 11 is 7.60. The lowest BCUT2D eigenvalue weighted by atomic mass is 9.92. The number of sulfonamides is 1. The summed E-state index contributed by atoms with van der Waals surface area (Å²) in [7, 11) is -10.9. The molecule has 0 aromatic heterocycles. The largest absolute Gasteiger partial charge is 0.501 e. The fourth-order valence-electron chi connectivity index (χ4n) is 8.64. The van der Waals surface area contributed by atoms with Gasteiger partial charge in [0.05, 0.1) is 23.8 Å². The summed E-state index contributed by atoms with van der Waals surface area (Å²) in [5, 5.41) is 3.68. The van der Waals surface area contributed by atoms with Crippen molar-refractivity contribution in [1.82, 2.24) is 14.5 Å². The molecule has 8 rings (SSSR count). The number of hydrogen-bond acceptors (Lipinski definition) is 11. The molecule has 65 heavy (non-hydrogen) atoms. The van der Waals surface area contributed by atoms with Gasteiger partial charge in [0.15, 0.2) is 0 Å². The molecule has 1 amide bonds. The molecule has 5 aromatic rings. The number of piperazine rings is 1. The van der Waals surface area contributed by atoms with Crippen LogP contribution < -0.4 is 14.9 Å². The second-order valence-corrected chi connectivity index (χ2v) is 21.5. The molecule has 344 valence electrons. The Morgan fingerprint density at radius 3 is 2.34 bits per heavy atom. The average molecular weight is 969 g/mol. The molecule has 0 bridgehead atoms. The van der Waals surface area contributed by atoms with Crippen molar-refractivity contribution in [2.75, 3.05) is 68.5 Å². The molecule has 0 radical (unpaired) electrons. The molecule has 3 heterocycles. The molecule has 3 aliphatic heterocycles. The van der Waals surface area contributed by atoms with Crippen LogP contribution in [-0.4, -0.2) is 108 Å². The van der Waals surface area contributed by atoms with Crippen LogP contribution in [0, 0.1) is 0 Å². The molecule has 2 fully saturated rings. The van der Waals surface area contributed by atoms with Crippen molar-refractivity contribution >= 4 is 60.5 Å². The number of nitrogens with zero attached hydrogens (tertiary/aromatic N) is 3. The van der Waals surface area contributed by atoms with Crippen molar-refractivity contribution in [1.29, 1.82) is 0 Å². The number of alkyl halides is 3. The van der Waals surface area contributed by atoms with Gasteiger partial charge in [0, 0.05) is 84.8 Å². The predicted octanol–water partition coefficient (Wildman–Crippen LogP) is 8.35. The minimum Gasteiger partial charge on any atom is -0.380 e. The third kappa shape index (κ3) is 11.2. The maximum absolute atomic E-state index is 14.2. The highest BCUT2D eigenvalue weighted by Crippen LogP contribution is 2.38. The molecule has 3 aliphatic rings. The van der Waals surface area contributed by atoms with Gasteiger partial charge in [-0.05, 0) is 102 Å². The third-order valence-corrected chi connectivity index (χ3v) is 16.3. The van der Waals surface area contributed by atoms with Gasteiger partial charge in [-0.15, -0.1) is 11.8 Å². The number of halogens is 4. The van der Waals surface area contributed by atoms with Crippen LogP contribution >= 0.6 is 23.4 Å². The number of aryl methyl sites for hydroxylation is 1. The quantitative estimate of drug-likeness (QED) is 0.0984. The van der Waals surface area contributed by atoms with Gasteiger partial charge >= 0.3 is 5.51 Å². The highest BCUT2D eigenvalue weighted by atomic mass is 35.5. The van der Waals surface area contributed by atoms with Crippen molar-refractivity contribution < 1.29 is 39.5 Å². The van der Waals surface area contributed by atoms with E-state index in [0.29, 0.717) is 62.5 Å². The number of anilines is 2. The zero-order valence-electron chi connectivity index (χ0n) is 35.3. The van der Waals surface area contributed by atoms with Crippen LogP contribution in [0.25, 0.3) is 11.1 Å². The van der Waals surface area contributed by atoms with E-state index in [1.54, 1.807) is 12.1 Å². The first-order chi connectivity index (χ1) is 31.1. The van der Waals surface area contributed by atoms with Crippen molar-refractivity contribution in [3.63, 3.8) is 0 Å². The first kappa shape index (κ1) is 46.9. The smallest absolute Gasteiger partial charge is 0.380 e. The van der Waals surface area contributed by atoms with E-state index in [1.165, 1.54) is 23.4 Å². The van der Waals surface area contributed by atoms with E-state index in [0.717, 1.165) is 72.0 Å². The van der Waals surface area contributed by atoms with Gasteiger partial charge in [0.1, 0.15) is 4.90 Å². The Morgan fingerprint density at radius 2 is 1.58 bits per heavy atom. The zero-order chi connectivity index (χ0) is 45.8. The summed E-state index contributed by atoms with van der Waals surface area (Å²) in [6.45, 7) is 6.17. The van der Waals surface area contributed by atoms with E-state index < -0.39 is 52.8 Å². The first-order valence-electron chi connectivity index (χ1n) is 21.4. The number of fused-ring (bicyclic) bond motifs is 3. The topological polar surface area (TPSA) is 128 Å². The Bertz CT molecular complexity index is 2710. The number of sulfone groups is 1. The number of morpholine rings is 1. The lowest BCUT2D eigenvalue weighted by Crippen LogP contribution is -2.54. The lowest BCUT2D eigenvalue weighted by Gasteiger charge is -2.46. The molecule has 2 saturated heterocycles. The van der Waals surface area contributed by atoms with E-state index in [2.05, 4.69) is 32.1 Å². The van der Waals surface area contributed by atoms with Gasteiger partial charge in [-0.25, -0.2) is 21.6 Å². The molecule has 0 saturated carbocycles. The zero-order valence-corrected chi connectivity index (χ0v) is 38.5. The Labute approximate surface area is 387 Å². The van der Waals surface area contributed by atoms with Crippen LogP contribution in [0.4, 0.5) is 24.5 Å². The molecule has 0 aliphatic carbocycles. The number of rotatable bonds is 15. The normalized spacial score (nSPS) is 17.8. The highest BCUT2D eigenvalue weighted by Gasteiger charge is 2.48. The summed E-state index contributed by atoms with van der Waals surface area (Å²) in [6.07, 6.45) is 1.89. The standard InChI is InChI=1S/C47H49ClF3N5O6S3/c48-37-14-10-33(11-15-37)42-9-5-4-6-36(42)30-55-22-23-56-39(31-55)16-12-34-28-35(13-19-44(34)56)46(57)53-65(60,61)41-17-18-43(45(29-41)64(58,59)47(49,50)51)52-38(20-21-54-24-26-62-27-25-54)32-63-40-7-2-1-3-8-40/h1-11,13-15,17-19,28-29,38-39,52H,12,16,20-27,30-32H2,(H,53,57)/t38-,39-/m1/s1. The number of nitrogens with one attached hydrogen (secondary N) is 2. The predicted molar refractivity (Wildman–Crippen MR) is 249 cm³/mol. The third-order valence-electron chi connectivity index (χ3n) is 12.1. The second kappa shape index (κ2) is 20.1. The molecule has 0 spiro atoms. The van der Waals surface area contributed by atoms with Gasteiger partial charge in [0.2, 0.25) is 0 Å². The fourth-order valence-corrected chi connectivity index (χ4v) is 11.8.